The second-order valence-electron chi connectivity index (χ2n) is 8.44. The van der Waals surface area contributed by atoms with Crippen molar-refractivity contribution in [1.82, 2.24) is 15.5 Å². The zero-order valence-corrected chi connectivity index (χ0v) is 21.5. The molecule has 0 aromatic rings. The minimum Gasteiger partial charge on any atom is -0.511 e. The monoisotopic (exact) mass is 519 g/mol. The number of hydrogen-bond acceptors (Lipinski definition) is 7. The number of ether oxygens (including phenoxy) is 1. The molecule has 36 heavy (non-hydrogen) atoms. The molecular weight excluding hydrogens is 480 g/mol. The van der Waals surface area contributed by atoms with Crippen molar-refractivity contribution >= 4 is 17.7 Å². The van der Waals surface area contributed by atoms with Crippen LogP contribution < -0.4 is 10.6 Å². The lowest BCUT2D eigenvalue weighted by molar-refractivity contribution is -0.135. The fourth-order valence-electron chi connectivity index (χ4n) is 3.19. The Bertz CT molecular complexity index is 812. The summed E-state index contributed by atoms with van der Waals surface area (Å²) in [5.74, 6) is -3.78. The number of carbonyl (C=O) groups excluding carboxylic acids is 3. The Morgan fingerprint density at radius 3 is 2.36 bits per heavy atom. The number of nitrogens with one attached hydrogen (secondary N) is 2. The molecule has 3 atom stereocenters. The van der Waals surface area contributed by atoms with Crippen LogP contribution in [0, 0.1) is 11.8 Å². The summed E-state index contributed by atoms with van der Waals surface area (Å²) >= 11 is 0. The second-order valence-corrected chi connectivity index (χ2v) is 8.44. The SMILES string of the molecule is C=CC(CC=C(C)C)C(F)F.CCN(CC1C(O)=C(C(=O)NCC(O)O)C(=O)NC1C)C(=O)COC. The van der Waals surface area contributed by atoms with Crippen LogP contribution in [0.2, 0.25) is 0 Å². The van der Waals surface area contributed by atoms with E-state index in [0.717, 1.165) is 5.57 Å². The van der Waals surface area contributed by atoms with Crippen molar-refractivity contribution in [2.24, 2.45) is 11.8 Å². The van der Waals surface area contributed by atoms with Gasteiger partial charge < -0.3 is 35.6 Å². The molecule has 1 aliphatic rings. The highest BCUT2D eigenvalue weighted by Crippen LogP contribution is 2.24. The highest BCUT2D eigenvalue weighted by molar-refractivity contribution is 6.19. The number of alkyl halides is 2. The van der Waals surface area contributed by atoms with Crippen LogP contribution in [0.1, 0.15) is 34.1 Å². The molecule has 1 heterocycles. The third kappa shape index (κ3) is 11.3. The number of amides is 3. The zero-order chi connectivity index (χ0) is 28.0. The summed E-state index contributed by atoms with van der Waals surface area (Å²) in [4.78, 5) is 37.5. The van der Waals surface area contributed by atoms with Gasteiger partial charge in [-0.25, -0.2) is 8.78 Å². The van der Waals surface area contributed by atoms with E-state index < -0.39 is 60.3 Å². The molecule has 3 amide bonds. The molecule has 10 nitrogen and oxygen atoms in total. The predicted molar refractivity (Wildman–Crippen MR) is 130 cm³/mol. The zero-order valence-electron chi connectivity index (χ0n) is 21.5. The van der Waals surface area contributed by atoms with Gasteiger partial charge in [0, 0.05) is 32.2 Å². The molecule has 3 unspecified atom stereocenters. The topological polar surface area (TPSA) is 148 Å². The van der Waals surface area contributed by atoms with E-state index in [9.17, 15) is 28.3 Å². The molecule has 12 heteroatoms. The number of hydrogen-bond donors (Lipinski definition) is 5. The first-order valence-corrected chi connectivity index (χ1v) is 11.5. The highest BCUT2D eigenvalue weighted by atomic mass is 19.3. The molecule has 0 saturated heterocycles. The number of likely N-dealkylation sites (N-methyl/N-ethyl adjacent to an activating group) is 1. The summed E-state index contributed by atoms with van der Waals surface area (Å²) < 4.78 is 28.9. The van der Waals surface area contributed by atoms with E-state index in [1.54, 1.807) is 19.9 Å². The van der Waals surface area contributed by atoms with Crippen molar-refractivity contribution in [1.29, 1.82) is 0 Å². The molecular formula is C24H39F2N3O7. The van der Waals surface area contributed by atoms with Crippen LogP contribution in [-0.2, 0) is 19.1 Å². The molecule has 0 spiro atoms. The number of halogens is 2. The number of carbonyl (C=O) groups is 3. The Hall–Kier alpha value is -2.83. The Labute approximate surface area is 210 Å². The normalized spacial score (nSPS) is 18.1. The van der Waals surface area contributed by atoms with Gasteiger partial charge in [0.1, 0.15) is 17.9 Å². The predicted octanol–water partition coefficient (Wildman–Crippen LogP) is 1.26. The van der Waals surface area contributed by atoms with Gasteiger partial charge in [0.15, 0.2) is 6.29 Å². The molecule has 0 aromatic heterocycles. The van der Waals surface area contributed by atoms with E-state index in [1.807, 2.05) is 13.8 Å². The molecule has 0 saturated carbocycles. The van der Waals surface area contributed by atoms with Crippen molar-refractivity contribution in [3.63, 3.8) is 0 Å². The lowest BCUT2D eigenvalue weighted by Gasteiger charge is -2.34. The molecule has 1 rings (SSSR count). The molecule has 206 valence electrons. The fraction of sp³-hybridized carbons (Fsp3) is 0.625. The van der Waals surface area contributed by atoms with Gasteiger partial charge >= 0.3 is 0 Å². The Morgan fingerprint density at radius 1 is 1.31 bits per heavy atom. The number of aliphatic hydroxyl groups is 3. The first kappa shape index (κ1) is 33.2. The van der Waals surface area contributed by atoms with E-state index in [0.29, 0.717) is 13.0 Å². The molecule has 1 aliphatic heterocycles. The van der Waals surface area contributed by atoms with E-state index in [4.69, 9.17) is 14.9 Å². The van der Waals surface area contributed by atoms with Crippen LogP contribution in [0.3, 0.4) is 0 Å². The van der Waals surface area contributed by atoms with Gasteiger partial charge in [-0.05, 0) is 34.1 Å². The summed E-state index contributed by atoms with van der Waals surface area (Å²) in [5.41, 5.74) is 0.566. The second kappa shape index (κ2) is 16.8. The summed E-state index contributed by atoms with van der Waals surface area (Å²) in [5, 5.41) is 32.7. The van der Waals surface area contributed by atoms with Gasteiger partial charge in [0.05, 0.1) is 12.5 Å². The summed E-state index contributed by atoms with van der Waals surface area (Å²) in [7, 11) is 1.39. The van der Waals surface area contributed by atoms with Crippen LogP contribution in [0.15, 0.2) is 35.6 Å². The van der Waals surface area contributed by atoms with E-state index >= 15 is 0 Å². The summed E-state index contributed by atoms with van der Waals surface area (Å²) in [6.45, 7) is 10.4. The van der Waals surface area contributed by atoms with E-state index in [1.165, 1.54) is 18.1 Å². The Morgan fingerprint density at radius 2 is 1.92 bits per heavy atom. The number of methoxy groups -OCH3 is 1. The van der Waals surface area contributed by atoms with Crippen LogP contribution >= 0.6 is 0 Å². The van der Waals surface area contributed by atoms with Gasteiger partial charge in [-0.3, -0.25) is 14.4 Å². The van der Waals surface area contributed by atoms with Crippen molar-refractivity contribution in [2.75, 3.05) is 33.4 Å². The lowest BCUT2D eigenvalue weighted by Crippen LogP contribution is -2.52. The smallest absolute Gasteiger partial charge is 0.260 e. The molecule has 0 bridgehead atoms. The number of allylic oxidation sites excluding steroid dienone is 3. The van der Waals surface area contributed by atoms with Crippen LogP contribution in [0.4, 0.5) is 8.78 Å². The van der Waals surface area contributed by atoms with Crippen molar-refractivity contribution < 1.29 is 43.2 Å². The molecule has 5 N–H and O–H groups in total. The highest BCUT2D eigenvalue weighted by Gasteiger charge is 2.38. The molecule has 0 fully saturated rings. The fourth-order valence-corrected chi connectivity index (χ4v) is 3.19. The van der Waals surface area contributed by atoms with Gasteiger partial charge in [0.25, 0.3) is 11.8 Å². The van der Waals surface area contributed by atoms with Gasteiger partial charge in [-0.15, -0.1) is 6.58 Å². The Kier molecular flexibility index (Phi) is 15.5. The average Bonchev–Trinajstić information content (AvgIpc) is 2.78. The third-order valence-corrected chi connectivity index (χ3v) is 5.31. The van der Waals surface area contributed by atoms with Crippen LogP contribution in [0.25, 0.3) is 0 Å². The molecule has 0 radical (unpaired) electrons. The largest absolute Gasteiger partial charge is 0.511 e. The maximum absolute atomic E-state index is 12.1. The Balaban J connectivity index is 0.000000935. The van der Waals surface area contributed by atoms with E-state index in [-0.39, 0.29) is 19.1 Å². The molecule has 0 aromatic carbocycles. The maximum Gasteiger partial charge on any atom is 0.260 e. The first-order valence-electron chi connectivity index (χ1n) is 11.5. The van der Waals surface area contributed by atoms with Gasteiger partial charge in [0.2, 0.25) is 12.3 Å². The number of rotatable bonds is 12. The summed E-state index contributed by atoms with van der Waals surface area (Å²) in [6.07, 6.45) is -0.565. The third-order valence-electron chi connectivity index (χ3n) is 5.31. The van der Waals surface area contributed by atoms with Crippen molar-refractivity contribution in [2.45, 2.75) is 52.9 Å². The maximum atomic E-state index is 12.1. The first-order chi connectivity index (χ1) is 16.8. The lowest BCUT2D eigenvalue weighted by atomic mass is 9.90. The number of nitrogens with zero attached hydrogens (tertiary/aromatic N) is 1. The van der Waals surface area contributed by atoms with Crippen molar-refractivity contribution in [3.8, 4) is 0 Å². The minimum atomic E-state index is -2.29. The minimum absolute atomic E-state index is 0.0887. The molecule has 0 aliphatic carbocycles. The van der Waals surface area contributed by atoms with Gasteiger partial charge in [-0.2, -0.15) is 0 Å². The van der Waals surface area contributed by atoms with Crippen LogP contribution in [-0.4, -0.2) is 90.0 Å². The number of aliphatic hydroxyl groups excluding tert-OH is 2. The van der Waals surface area contributed by atoms with Crippen LogP contribution in [0.5, 0.6) is 0 Å². The quantitative estimate of drug-likeness (QED) is 0.148. The average molecular weight is 520 g/mol. The van der Waals surface area contributed by atoms with Crippen molar-refractivity contribution in [3.05, 3.63) is 35.6 Å². The van der Waals surface area contributed by atoms with E-state index in [2.05, 4.69) is 17.2 Å². The van der Waals surface area contributed by atoms with Gasteiger partial charge in [-0.1, -0.05) is 17.7 Å². The summed E-state index contributed by atoms with van der Waals surface area (Å²) in [6, 6.07) is -0.503. The standard InChI is InChI=1S/C15H25N3O7.C9H14F2/c1-4-18(10(19)7-25-3)6-9-8(2)17-15(24)12(13(9)22)14(23)16-5-11(20)21;1-4-8(9(10)11)6-5-7(2)3/h8-9,11,20-22H,4-7H2,1-3H3,(H,16,23)(H,17,24);4-5,8-9H,1,6H2,2-3H3.